The molecular weight excluding hydrogens is 244 g/mol. The molecule has 0 saturated carbocycles. The van der Waals surface area contributed by atoms with Crippen LogP contribution in [-0.2, 0) is 12.8 Å². The Hall–Kier alpha value is -2.24. The zero-order valence-electron chi connectivity index (χ0n) is 10.5. The Labute approximate surface area is 110 Å². The molecular formula is C13H16N4O2. The number of hydrogen-bond donors (Lipinski definition) is 3. The van der Waals surface area contributed by atoms with Gasteiger partial charge in [0.2, 0.25) is 0 Å². The fraction of sp³-hybridized carbons (Fsp3) is 0.385. The van der Waals surface area contributed by atoms with Crippen LogP contribution in [0, 0.1) is 0 Å². The molecule has 1 aromatic heterocycles. The molecule has 1 aliphatic heterocycles. The maximum absolute atomic E-state index is 10.9. The molecule has 0 spiro atoms. The van der Waals surface area contributed by atoms with Gasteiger partial charge in [-0.15, -0.1) is 0 Å². The topological polar surface area (TPSA) is 96.8 Å². The molecule has 2 aromatic rings. The monoisotopic (exact) mass is 260 g/mol. The summed E-state index contributed by atoms with van der Waals surface area (Å²) in [6.07, 6.45) is 3.64. The van der Waals surface area contributed by atoms with Crippen LogP contribution in [0.15, 0.2) is 23.0 Å². The van der Waals surface area contributed by atoms with Gasteiger partial charge in [0, 0.05) is 12.1 Å². The summed E-state index contributed by atoms with van der Waals surface area (Å²) in [7, 11) is 0. The molecule has 6 heteroatoms. The summed E-state index contributed by atoms with van der Waals surface area (Å²) < 4.78 is 5.93. The van der Waals surface area contributed by atoms with Gasteiger partial charge in [0.05, 0.1) is 6.10 Å². The van der Waals surface area contributed by atoms with E-state index < -0.39 is 0 Å². The number of nitrogens with one attached hydrogen (secondary N) is 2. The Morgan fingerprint density at radius 3 is 3.16 bits per heavy atom. The first-order valence-electron chi connectivity index (χ1n) is 6.39. The van der Waals surface area contributed by atoms with Crippen LogP contribution in [0.4, 0.5) is 5.69 Å². The lowest BCUT2D eigenvalue weighted by atomic mass is 9.99. The minimum absolute atomic E-state index is 0.163. The summed E-state index contributed by atoms with van der Waals surface area (Å²) in [6, 6.07) is 5.75. The molecule has 19 heavy (non-hydrogen) atoms. The van der Waals surface area contributed by atoms with Gasteiger partial charge in [-0.05, 0) is 43.0 Å². The highest BCUT2D eigenvalue weighted by Gasteiger charge is 2.20. The summed E-state index contributed by atoms with van der Waals surface area (Å²) in [5.74, 6) is 1.60. The number of nitrogen functional groups attached to an aromatic ring is 1. The largest absolute Gasteiger partial charge is 0.490 e. The molecule has 2 heterocycles. The summed E-state index contributed by atoms with van der Waals surface area (Å²) in [4.78, 5) is 13.6. The molecule has 100 valence electrons. The maximum Gasteiger partial charge on any atom is 0.340 e. The molecule has 1 atom stereocenters. The molecule has 1 aliphatic rings. The molecule has 0 fully saturated rings. The zero-order valence-corrected chi connectivity index (χ0v) is 10.5. The number of hydrogen-bond acceptors (Lipinski definition) is 4. The Balaban J connectivity index is 1.62. The second kappa shape index (κ2) is 4.79. The molecule has 3 rings (SSSR count). The summed E-state index contributed by atoms with van der Waals surface area (Å²) in [6.45, 7) is 0. The Kier molecular flexibility index (Phi) is 2.98. The van der Waals surface area contributed by atoms with E-state index in [1.54, 1.807) is 0 Å². The van der Waals surface area contributed by atoms with Gasteiger partial charge >= 0.3 is 5.69 Å². The third kappa shape index (κ3) is 2.62. The predicted molar refractivity (Wildman–Crippen MR) is 71.1 cm³/mol. The number of aromatic amines is 2. The average Bonchev–Trinajstić information content (AvgIpc) is 2.82. The molecule has 4 N–H and O–H groups in total. The van der Waals surface area contributed by atoms with Crippen LogP contribution in [0.1, 0.15) is 24.2 Å². The number of benzene rings is 1. The molecule has 6 nitrogen and oxygen atoms in total. The van der Waals surface area contributed by atoms with Crippen LogP contribution in [0.25, 0.3) is 0 Å². The first kappa shape index (κ1) is 11.8. The van der Waals surface area contributed by atoms with Gasteiger partial charge in [-0.2, -0.15) is 5.10 Å². The van der Waals surface area contributed by atoms with Crippen molar-refractivity contribution in [2.75, 3.05) is 5.73 Å². The van der Waals surface area contributed by atoms with Crippen molar-refractivity contribution >= 4 is 5.69 Å². The van der Waals surface area contributed by atoms with Crippen molar-refractivity contribution < 1.29 is 4.74 Å². The molecule has 0 unspecified atom stereocenters. The summed E-state index contributed by atoms with van der Waals surface area (Å²) in [5.41, 5.74) is 7.43. The summed E-state index contributed by atoms with van der Waals surface area (Å²) >= 11 is 0. The fourth-order valence-corrected chi connectivity index (χ4v) is 2.39. The standard InChI is InChI=1S/C13H16N4O2/c14-9-2-5-11-8(7-9)1-3-10(19-11)4-6-12-15-13(18)17-16-12/h2,5,7,10H,1,3-4,6,14H2,(H2,15,16,17,18)/t10-/m1/s1. The van der Waals surface area contributed by atoms with Crippen molar-refractivity contribution in [2.45, 2.75) is 31.8 Å². The number of fused-ring (bicyclic) bond motifs is 1. The lowest BCUT2D eigenvalue weighted by Gasteiger charge is -2.26. The number of rotatable bonds is 3. The van der Waals surface area contributed by atoms with Crippen molar-refractivity contribution in [1.29, 1.82) is 0 Å². The van der Waals surface area contributed by atoms with Gasteiger partial charge in [-0.1, -0.05) is 0 Å². The number of ether oxygens (including phenoxy) is 1. The van der Waals surface area contributed by atoms with Crippen LogP contribution in [-0.4, -0.2) is 21.3 Å². The predicted octanol–water partition coefficient (Wildman–Crippen LogP) is 1.01. The van der Waals surface area contributed by atoms with Crippen LogP contribution in [0.2, 0.25) is 0 Å². The second-order valence-electron chi connectivity index (χ2n) is 4.81. The Bertz CT molecular complexity index is 632. The van der Waals surface area contributed by atoms with Gasteiger partial charge < -0.3 is 10.5 Å². The third-order valence-corrected chi connectivity index (χ3v) is 3.37. The van der Waals surface area contributed by atoms with Crippen molar-refractivity contribution in [3.63, 3.8) is 0 Å². The number of nitrogens with zero attached hydrogens (tertiary/aromatic N) is 1. The minimum atomic E-state index is -0.264. The van der Waals surface area contributed by atoms with Crippen LogP contribution in [0.5, 0.6) is 5.75 Å². The van der Waals surface area contributed by atoms with E-state index in [0.717, 1.165) is 30.7 Å². The summed E-state index contributed by atoms with van der Waals surface area (Å²) in [5, 5.41) is 6.25. The quantitative estimate of drug-likeness (QED) is 0.717. The molecule has 0 bridgehead atoms. The highest BCUT2D eigenvalue weighted by Crippen LogP contribution is 2.30. The van der Waals surface area contributed by atoms with E-state index in [4.69, 9.17) is 10.5 Å². The SMILES string of the molecule is Nc1ccc2c(c1)CC[C@H](CCc1n[nH]c(=O)[nH]1)O2. The first-order chi connectivity index (χ1) is 9.20. The molecule has 0 saturated heterocycles. The van der Waals surface area contributed by atoms with E-state index in [9.17, 15) is 4.79 Å². The van der Waals surface area contributed by atoms with E-state index >= 15 is 0 Å². The van der Waals surface area contributed by atoms with Crippen molar-refractivity contribution in [2.24, 2.45) is 0 Å². The first-order valence-corrected chi connectivity index (χ1v) is 6.39. The maximum atomic E-state index is 10.9. The van der Waals surface area contributed by atoms with Crippen molar-refractivity contribution in [3.8, 4) is 5.75 Å². The van der Waals surface area contributed by atoms with Gasteiger partial charge in [0.15, 0.2) is 0 Å². The van der Waals surface area contributed by atoms with Crippen molar-refractivity contribution in [3.05, 3.63) is 40.1 Å². The number of aromatic nitrogens is 3. The van der Waals surface area contributed by atoms with E-state index in [-0.39, 0.29) is 11.8 Å². The van der Waals surface area contributed by atoms with Crippen LogP contribution >= 0.6 is 0 Å². The van der Waals surface area contributed by atoms with E-state index in [1.165, 1.54) is 5.56 Å². The van der Waals surface area contributed by atoms with Gasteiger partial charge in [-0.25, -0.2) is 9.89 Å². The van der Waals surface area contributed by atoms with E-state index in [2.05, 4.69) is 15.2 Å². The highest BCUT2D eigenvalue weighted by molar-refractivity contribution is 5.48. The van der Waals surface area contributed by atoms with Crippen molar-refractivity contribution in [1.82, 2.24) is 15.2 Å². The molecule has 0 amide bonds. The third-order valence-electron chi connectivity index (χ3n) is 3.37. The number of H-pyrrole nitrogens is 2. The van der Waals surface area contributed by atoms with Crippen LogP contribution in [0.3, 0.4) is 0 Å². The van der Waals surface area contributed by atoms with E-state index in [0.29, 0.717) is 12.2 Å². The Morgan fingerprint density at radius 1 is 1.47 bits per heavy atom. The lowest BCUT2D eigenvalue weighted by molar-refractivity contribution is 0.163. The average molecular weight is 260 g/mol. The minimum Gasteiger partial charge on any atom is -0.490 e. The zero-order chi connectivity index (χ0) is 13.2. The second-order valence-corrected chi connectivity index (χ2v) is 4.81. The number of anilines is 1. The van der Waals surface area contributed by atoms with Gasteiger partial charge in [0.1, 0.15) is 11.6 Å². The smallest absolute Gasteiger partial charge is 0.340 e. The lowest BCUT2D eigenvalue weighted by Crippen LogP contribution is -2.23. The normalized spacial score (nSPS) is 17.8. The molecule has 0 aliphatic carbocycles. The fourth-order valence-electron chi connectivity index (χ4n) is 2.39. The number of aryl methyl sites for hydroxylation is 2. The highest BCUT2D eigenvalue weighted by atomic mass is 16.5. The van der Waals surface area contributed by atoms with Gasteiger partial charge in [-0.3, -0.25) is 4.98 Å². The Morgan fingerprint density at radius 2 is 2.37 bits per heavy atom. The van der Waals surface area contributed by atoms with Gasteiger partial charge in [0.25, 0.3) is 0 Å². The number of nitrogens with two attached hydrogens (primary N) is 1. The van der Waals surface area contributed by atoms with Crippen LogP contribution < -0.4 is 16.2 Å². The molecule has 0 radical (unpaired) electrons. The molecule has 1 aromatic carbocycles. The van der Waals surface area contributed by atoms with E-state index in [1.807, 2.05) is 18.2 Å².